The third-order valence-electron chi connectivity index (χ3n) is 2.54. The van der Waals surface area contributed by atoms with Crippen molar-refractivity contribution in [1.82, 2.24) is 0 Å². The van der Waals surface area contributed by atoms with Gasteiger partial charge >= 0.3 is 6.18 Å². The third kappa shape index (κ3) is 6.42. The molecule has 7 heteroatoms. The SMILES string of the molecule is Cc1ccc(N)cc1NC(=O)CCOCCC(F)(F)F. The summed E-state index contributed by atoms with van der Waals surface area (Å²) >= 11 is 0. The van der Waals surface area contributed by atoms with Crippen molar-refractivity contribution < 1.29 is 22.7 Å². The smallest absolute Gasteiger partial charge is 0.391 e. The number of ether oxygens (including phenoxy) is 1. The third-order valence-corrected chi connectivity index (χ3v) is 2.54. The highest BCUT2D eigenvalue weighted by atomic mass is 19.4. The van der Waals surface area contributed by atoms with E-state index in [0.29, 0.717) is 11.4 Å². The maximum atomic E-state index is 11.8. The quantitative estimate of drug-likeness (QED) is 0.625. The van der Waals surface area contributed by atoms with Gasteiger partial charge in [-0.25, -0.2) is 0 Å². The molecular weight excluding hydrogens is 273 g/mol. The van der Waals surface area contributed by atoms with E-state index >= 15 is 0 Å². The summed E-state index contributed by atoms with van der Waals surface area (Å²) in [5, 5.41) is 2.64. The van der Waals surface area contributed by atoms with Crippen LogP contribution in [0.15, 0.2) is 18.2 Å². The zero-order valence-electron chi connectivity index (χ0n) is 11.1. The summed E-state index contributed by atoms with van der Waals surface area (Å²) in [6, 6.07) is 5.10. The Balaban J connectivity index is 2.29. The molecule has 0 bridgehead atoms. The van der Waals surface area contributed by atoms with Crippen LogP contribution in [0.5, 0.6) is 0 Å². The first-order valence-electron chi connectivity index (χ1n) is 6.08. The van der Waals surface area contributed by atoms with Gasteiger partial charge in [0, 0.05) is 11.4 Å². The van der Waals surface area contributed by atoms with Crippen molar-refractivity contribution in [3.8, 4) is 0 Å². The number of nitrogen functional groups attached to an aromatic ring is 1. The molecule has 20 heavy (non-hydrogen) atoms. The van der Waals surface area contributed by atoms with Gasteiger partial charge < -0.3 is 15.8 Å². The zero-order valence-corrected chi connectivity index (χ0v) is 11.1. The minimum absolute atomic E-state index is 0.00784. The standard InChI is InChI=1S/C13H17F3N2O2/c1-9-2-3-10(17)8-11(9)18-12(19)4-6-20-7-5-13(14,15)16/h2-3,8H,4-7,17H2,1H3,(H,18,19). The van der Waals surface area contributed by atoms with Crippen LogP contribution in [0.3, 0.4) is 0 Å². The summed E-state index contributed by atoms with van der Waals surface area (Å²) in [5.74, 6) is -0.328. The predicted octanol–water partition coefficient (Wildman–Crippen LogP) is 2.87. The molecule has 4 nitrogen and oxygen atoms in total. The van der Waals surface area contributed by atoms with Gasteiger partial charge in [0.15, 0.2) is 0 Å². The highest BCUT2D eigenvalue weighted by Crippen LogP contribution is 2.19. The second-order valence-corrected chi connectivity index (χ2v) is 4.35. The molecule has 0 spiro atoms. The van der Waals surface area contributed by atoms with E-state index in [1.54, 1.807) is 18.2 Å². The fraction of sp³-hybridized carbons (Fsp3) is 0.462. The molecule has 1 aromatic carbocycles. The number of amides is 1. The number of nitrogens with two attached hydrogens (primary N) is 1. The van der Waals surface area contributed by atoms with E-state index in [1.807, 2.05) is 6.92 Å². The van der Waals surface area contributed by atoms with E-state index in [0.717, 1.165) is 5.56 Å². The second-order valence-electron chi connectivity index (χ2n) is 4.35. The van der Waals surface area contributed by atoms with Gasteiger partial charge in [0.05, 0.1) is 26.1 Å². The normalized spacial score (nSPS) is 11.4. The Bertz CT molecular complexity index is 461. The summed E-state index contributed by atoms with van der Waals surface area (Å²) in [7, 11) is 0. The van der Waals surface area contributed by atoms with Crippen LogP contribution in [0.1, 0.15) is 18.4 Å². The molecular formula is C13H17F3N2O2. The molecule has 0 aliphatic rings. The predicted molar refractivity (Wildman–Crippen MR) is 70.3 cm³/mol. The summed E-state index contributed by atoms with van der Waals surface area (Å²) in [5.41, 5.74) is 7.56. The number of anilines is 2. The lowest BCUT2D eigenvalue weighted by atomic mass is 10.2. The summed E-state index contributed by atoms with van der Waals surface area (Å²) in [6.45, 7) is 1.33. The first-order chi connectivity index (χ1) is 9.28. The van der Waals surface area contributed by atoms with Gasteiger partial charge in [-0.3, -0.25) is 4.79 Å². The van der Waals surface area contributed by atoms with Crippen LogP contribution in [-0.4, -0.2) is 25.3 Å². The number of hydrogen-bond donors (Lipinski definition) is 2. The molecule has 0 aliphatic heterocycles. The van der Waals surface area contributed by atoms with Crippen molar-refractivity contribution in [3.63, 3.8) is 0 Å². The number of carbonyl (C=O) groups is 1. The largest absolute Gasteiger partial charge is 0.399 e. The fourth-order valence-electron chi connectivity index (χ4n) is 1.44. The fourth-order valence-corrected chi connectivity index (χ4v) is 1.44. The van der Waals surface area contributed by atoms with E-state index in [4.69, 9.17) is 10.5 Å². The number of halogens is 3. The number of hydrogen-bond acceptors (Lipinski definition) is 3. The number of nitrogens with one attached hydrogen (secondary N) is 1. The maximum absolute atomic E-state index is 11.8. The Morgan fingerprint density at radius 1 is 1.35 bits per heavy atom. The van der Waals surface area contributed by atoms with Crippen LogP contribution in [-0.2, 0) is 9.53 Å². The second kappa shape index (κ2) is 7.14. The number of carbonyl (C=O) groups excluding carboxylic acids is 1. The molecule has 0 fully saturated rings. The minimum Gasteiger partial charge on any atom is -0.399 e. The van der Waals surface area contributed by atoms with Crippen molar-refractivity contribution in [2.45, 2.75) is 25.9 Å². The summed E-state index contributed by atoms with van der Waals surface area (Å²) in [6.07, 6.45) is -5.25. The van der Waals surface area contributed by atoms with Gasteiger partial charge in [-0.1, -0.05) is 6.07 Å². The van der Waals surface area contributed by atoms with E-state index in [2.05, 4.69) is 5.32 Å². The Hall–Kier alpha value is -1.76. The molecule has 0 saturated heterocycles. The number of aryl methyl sites for hydroxylation is 1. The molecule has 0 aliphatic carbocycles. The topological polar surface area (TPSA) is 64.3 Å². The molecule has 0 radical (unpaired) electrons. The van der Waals surface area contributed by atoms with Crippen molar-refractivity contribution in [3.05, 3.63) is 23.8 Å². The minimum atomic E-state index is -4.24. The van der Waals surface area contributed by atoms with Crippen molar-refractivity contribution in [1.29, 1.82) is 0 Å². The average molecular weight is 290 g/mol. The molecule has 0 atom stereocenters. The maximum Gasteiger partial charge on any atom is 0.391 e. The number of alkyl halides is 3. The monoisotopic (exact) mass is 290 g/mol. The first kappa shape index (κ1) is 16.3. The van der Waals surface area contributed by atoms with Crippen molar-refractivity contribution >= 4 is 17.3 Å². The lowest BCUT2D eigenvalue weighted by Gasteiger charge is -2.10. The van der Waals surface area contributed by atoms with Crippen molar-refractivity contribution in [2.24, 2.45) is 0 Å². The van der Waals surface area contributed by atoms with Crippen molar-refractivity contribution in [2.75, 3.05) is 24.3 Å². The highest BCUT2D eigenvalue weighted by molar-refractivity contribution is 5.92. The number of rotatable bonds is 6. The Labute approximate surface area is 115 Å². The van der Waals surface area contributed by atoms with Gasteiger partial charge in [-0.15, -0.1) is 0 Å². The van der Waals surface area contributed by atoms with Crippen LogP contribution in [0.4, 0.5) is 24.5 Å². The molecule has 0 saturated carbocycles. The average Bonchev–Trinajstić information content (AvgIpc) is 2.32. The zero-order chi connectivity index (χ0) is 15.2. The summed E-state index contributed by atoms with van der Waals surface area (Å²) < 4.78 is 40.3. The van der Waals surface area contributed by atoms with E-state index in [-0.39, 0.29) is 18.9 Å². The first-order valence-corrected chi connectivity index (χ1v) is 6.08. The van der Waals surface area contributed by atoms with Crippen LogP contribution in [0.2, 0.25) is 0 Å². The highest BCUT2D eigenvalue weighted by Gasteiger charge is 2.26. The van der Waals surface area contributed by atoms with Crippen LogP contribution in [0.25, 0.3) is 0 Å². The van der Waals surface area contributed by atoms with Crippen LogP contribution in [0, 0.1) is 6.92 Å². The summed E-state index contributed by atoms with van der Waals surface area (Å²) in [4.78, 5) is 11.6. The Morgan fingerprint density at radius 2 is 2.05 bits per heavy atom. The van der Waals surface area contributed by atoms with E-state index < -0.39 is 19.2 Å². The molecule has 0 unspecified atom stereocenters. The molecule has 0 aromatic heterocycles. The van der Waals surface area contributed by atoms with E-state index in [9.17, 15) is 18.0 Å². The Morgan fingerprint density at radius 3 is 2.70 bits per heavy atom. The van der Waals surface area contributed by atoms with Gasteiger partial charge in [0.25, 0.3) is 0 Å². The van der Waals surface area contributed by atoms with Gasteiger partial charge in [-0.2, -0.15) is 13.2 Å². The number of benzene rings is 1. The van der Waals surface area contributed by atoms with Gasteiger partial charge in [0.2, 0.25) is 5.91 Å². The molecule has 0 heterocycles. The van der Waals surface area contributed by atoms with Gasteiger partial charge in [-0.05, 0) is 24.6 Å². The Kier molecular flexibility index (Phi) is 5.82. The van der Waals surface area contributed by atoms with Crippen LogP contribution >= 0.6 is 0 Å². The van der Waals surface area contributed by atoms with Gasteiger partial charge in [0.1, 0.15) is 0 Å². The van der Waals surface area contributed by atoms with E-state index in [1.165, 1.54) is 0 Å². The lowest BCUT2D eigenvalue weighted by Crippen LogP contribution is -2.17. The molecule has 3 N–H and O–H groups in total. The van der Waals surface area contributed by atoms with Crippen LogP contribution < -0.4 is 11.1 Å². The molecule has 112 valence electrons. The molecule has 1 amide bonds. The molecule has 1 aromatic rings. The molecule has 1 rings (SSSR count). The lowest BCUT2D eigenvalue weighted by molar-refractivity contribution is -0.145.